The Balaban J connectivity index is 3.22. The average Bonchev–Trinajstić information content (AvgIpc) is 2.25. The monoisotopic (exact) mass is 265 g/mol. The lowest BCUT2D eigenvalue weighted by molar-refractivity contribution is 0.201. The fourth-order valence-corrected chi connectivity index (χ4v) is 2.13. The SMILES string of the molecule is COCCc1c(C)nc(CN(C)C)nc1C(C)(C)C. The van der Waals surface area contributed by atoms with Gasteiger partial charge in [0.15, 0.2) is 0 Å². The summed E-state index contributed by atoms with van der Waals surface area (Å²) in [6.07, 6.45) is 0.872. The molecule has 4 nitrogen and oxygen atoms in total. The summed E-state index contributed by atoms with van der Waals surface area (Å²) in [4.78, 5) is 11.5. The largest absolute Gasteiger partial charge is 0.384 e. The Hall–Kier alpha value is -1.00. The van der Waals surface area contributed by atoms with Crippen LogP contribution in [0.3, 0.4) is 0 Å². The highest BCUT2D eigenvalue weighted by Gasteiger charge is 2.22. The summed E-state index contributed by atoms with van der Waals surface area (Å²) >= 11 is 0. The summed E-state index contributed by atoms with van der Waals surface area (Å²) in [5, 5.41) is 0. The molecular formula is C15H27N3O. The first-order chi connectivity index (χ1) is 8.75. The molecule has 4 heteroatoms. The molecule has 1 heterocycles. The van der Waals surface area contributed by atoms with Gasteiger partial charge in [0, 0.05) is 18.2 Å². The average molecular weight is 265 g/mol. The van der Waals surface area contributed by atoms with Crippen LogP contribution in [0, 0.1) is 6.92 Å². The molecule has 1 aromatic heterocycles. The van der Waals surface area contributed by atoms with Gasteiger partial charge in [-0.05, 0) is 33.0 Å². The quantitative estimate of drug-likeness (QED) is 0.819. The summed E-state index contributed by atoms with van der Waals surface area (Å²) in [5.74, 6) is 0.897. The van der Waals surface area contributed by atoms with E-state index in [4.69, 9.17) is 9.72 Å². The minimum Gasteiger partial charge on any atom is -0.384 e. The van der Waals surface area contributed by atoms with Crippen LogP contribution in [0.2, 0.25) is 0 Å². The van der Waals surface area contributed by atoms with E-state index in [1.807, 2.05) is 14.1 Å². The van der Waals surface area contributed by atoms with E-state index in [1.54, 1.807) is 7.11 Å². The van der Waals surface area contributed by atoms with Crippen molar-refractivity contribution >= 4 is 0 Å². The molecule has 0 atom stereocenters. The van der Waals surface area contributed by atoms with Crippen molar-refractivity contribution in [2.45, 2.75) is 46.1 Å². The summed E-state index contributed by atoms with van der Waals surface area (Å²) < 4.78 is 5.20. The van der Waals surface area contributed by atoms with E-state index in [9.17, 15) is 0 Å². The Kier molecular flexibility index (Phi) is 5.44. The maximum absolute atomic E-state index is 5.20. The molecule has 0 aliphatic rings. The number of ether oxygens (including phenoxy) is 1. The summed E-state index contributed by atoms with van der Waals surface area (Å²) in [7, 11) is 5.80. The van der Waals surface area contributed by atoms with E-state index in [1.165, 1.54) is 5.56 Å². The predicted octanol–water partition coefficient (Wildman–Crippen LogP) is 2.33. The number of aromatic nitrogens is 2. The van der Waals surface area contributed by atoms with Crippen LogP contribution in [0.4, 0.5) is 0 Å². The molecule has 1 rings (SSSR count). The van der Waals surface area contributed by atoms with E-state index in [2.05, 4.69) is 37.6 Å². The van der Waals surface area contributed by atoms with Gasteiger partial charge in [0.05, 0.1) is 18.8 Å². The molecule has 0 aliphatic heterocycles. The maximum atomic E-state index is 5.20. The number of nitrogens with zero attached hydrogens (tertiary/aromatic N) is 3. The number of methoxy groups -OCH3 is 1. The highest BCUT2D eigenvalue weighted by molar-refractivity contribution is 5.30. The van der Waals surface area contributed by atoms with Crippen LogP contribution < -0.4 is 0 Å². The molecule has 1 aromatic rings. The molecule has 0 unspecified atom stereocenters. The molecule has 0 saturated carbocycles. The van der Waals surface area contributed by atoms with Gasteiger partial charge in [0.25, 0.3) is 0 Å². The van der Waals surface area contributed by atoms with Gasteiger partial charge in [0.1, 0.15) is 5.82 Å². The van der Waals surface area contributed by atoms with Crippen LogP contribution in [-0.2, 0) is 23.1 Å². The predicted molar refractivity (Wildman–Crippen MR) is 78.4 cm³/mol. The van der Waals surface area contributed by atoms with Crippen molar-refractivity contribution < 1.29 is 4.74 Å². The van der Waals surface area contributed by atoms with Crippen LogP contribution in [0.1, 0.15) is 43.5 Å². The minimum absolute atomic E-state index is 0.0256. The van der Waals surface area contributed by atoms with E-state index in [0.717, 1.165) is 30.2 Å². The van der Waals surface area contributed by atoms with Crippen molar-refractivity contribution in [3.05, 3.63) is 22.8 Å². The Bertz CT molecular complexity index is 422. The fraction of sp³-hybridized carbons (Fsp3) is 0.733. The standard InChI is InChI=1S/C15H27N3O/c1-11-12(8-9-19-7)14(15(2,3)4)17-13(16-11)10-18(5)6/h8-10H2,1-7H3. The molecule has 0 aromatic carbocycles. The first kappa shape index (κ1) is 16.1. The van der Waals surface area contributed by atoms with Gasteiger partial charge in [-0.15, -0.1) is 0 Å². The maximum Gasteiger partial charge on any atom is 0.142 e. The summed E-state index contributed by atoms with van der Waals surface area (Å²) in [6, 6.07) is 0. The Morgan fingerprint density at radius 2 is 1.79 bits per heavy atom. The Morgan fingerprint density at radius 1 is 1.16 bits per heavy atom. The smallest absolute Gasteiger partial charge is 0.142 e. The van der Waals surface area contributed by atoms with E-state index in [0.29, 0.717) is 6.61 Å². The lowest BCUT2D eigenvalue weighted by Crippen LogP contribution is -2.23. The van der Waals surface area contributed by atoms with Gasteiger partial charge in [-0.25, -0.2) is 9.97 Å². The van der Waals surface area contributed by atoms with E-state index in [-0.39, 0.29) is 5.41 Å². The normalized spacial score (nSPS) is 12.2. The lowest BCUT2D eigenvalue weighted by Gasteiger charge is -2.24. The summed E-state index contributed by atoms with van der Waals surface area (Å²) in [6.45, 7) is 10.1. The molecule has 0 aliphatic carbocycles. The number of hydrogen-bond donors (Lipinski definition) is 0. The van der Waals surface area contributed by atoms with E-state index >= 15 is 0 Å². The third kappa shape index (κ3) is 4.55. The minimum atomic E-state index is 0.0256. The molecule has 108 valence electrons. The van der Waals surface area contributed by atoms with Crippen LogP contribution >= 0.6 is 0 Å². The summed E-state index contributed by atoms with van der Waals surface area (Å²) in [5.41, 5.74) is 3.48. The Labute approximate surface area is 117 Å². The highest BCUT2D eigenvalue weighted by atomic mass is 16.5. The zero-order chi connectivity index (χ0) is 14.6. The van der Waals surface area contributed by atoms with Crippen molar-refractivity contribution in [2.24, 2.45) is 0 Å². The number of aryl methyl sites for hydroxylation is 1. The van der Waals surface area contributed by atoms with Crippen molar-refractivity contribution in [1.29, 1.82) is 0 Å². The zero-order valence-electron chi connectivity index (χ0n) is 13.4. The third-order valence-electron chi connectivity index (χ3n) is 2.98. The molecule has 0 N–H and O–H groups in total. The lowest BCUT2D eigenvalue weighted by atomic mass is 9.87. The molecular weight excluding hydrogens is 238 g/mol. The van der Waals surface area contributed by atoms with Gasteiger partial charge < -0.3 is 9.64 Å². The highest BCUT2D eigenvalue weighted by Crippen LogP contribution is 2.26. The zero-order valence-corrected chi connectivity index (χ0v) is 13.4. The second-order valence-electron chi connectivity index (χ2n) is 6.28. The van der Waals surface area contributed by atoms with E-state index < -0.39 is 0 Å². The molecule has 19 heavy (non-hydrogen) atoms. The van der Waals surface area contributed by atoms with Crippen LogP contribution in [-0.4, -0.2) is 42.7 Å². The second kappa shape index (κ2) is 6.44. The molecule has 0 amide bonds. The van der Waals surface area contributed by atoms with Gasteiger partial charge in [-0.3, -0.25) is 0 Å². The molecule has 0 spiro atoms. The third-order valence-corrected chi connectivity index (χ3v) is 2.98. The molecule has 0 fully saturated rings. The van der Waals surface area contributed by atoms with Crippen molar-refractivity contribution in [1.82, 2.24) is 14.9 Å². The van der Waals surface area contributed by atoms with Crippen molar-refractivity contribution in [3.8, 4) is 0 Å². The topological polar surface area (TPSA) is 38.2 Å². The Morgan fingerprint density at radius 3 is 2.26 bits per heavy atom. The first-order valence-electron chi connectivity index (χ1n) is 6.76. The van der Waals surface area contributed by atoms with Crippen LogP contribution in [0.25, 0.3) is 0 Å². The first-order valence-corrected chi connectivity index (χ1v) is 6.76. The molecule has 0 radical (unpaired) electrons. The molecule has 0 saturated heterocycles. The van der Waals surface area contributed by atoms with Gasteiger partial charge >= 0.3 is 0 Å². The number of rotatable bonds is 5. The van der Waals surface area contributed by atoms with Crippen LogP contribution in [0.5, 0.6) is 0 Å². The van der Waals surface area contributed by atoms with Gasteiger partial charge in [-0.2, -0.15) is 0 Å². The number of hydrogen-bond acceptors (Lipinski definition) is 4. The van der Waals surface area contributed by atoms with Crippen LogP contribution in [0.15, 0.2) is 0 Å². The molecule has 0 bridgehead atoms. The van der Waals surface area contributed by atoms with Crippen molar-refractivity contribution in [3.63, 3.8) is 0 Å². The fourth-order valence-electron chi connectivity index (χ4n) is 2.13. The van der Waals surface area contributed by atoms with Crippen molar-refractivity contribution in [2.75, 3.05) is 27.8 Å². The van der Waals surface area contributed by atoms with Gasteiger partial charge in [-0.1, -0.05) is 20.8 Å². The second-order valence-corrected chi connectivity index (χ2v) is 6.28. The van der Waals surface area contributed by atoms with Gasteiger partial charge in [0.2, 0.25) is 0 Å².